The van der Waals surface area contributed by atoms with E-state index in [1.54, 1.807) is 13.8 Å². The normalized spacial score (nSPS) is 10.8. The Bertz CT molecular complexity index is 603. The van der Waals surface area contributed by atoms with E-state index in [2.05, 4.69) is 5.10 Å². The van der Waals surface area contributed by atoms with Crippen LogP contribution in [0.5, 0.6) is 5.75 Å². The number of sulfonamides is 1. The van der Waals surface area contributed by atoms with Crippen molar-refractivity contribution in [1.29, 1.82) is 0 Å². The number of carboxylic acids is 1. The molecule has 0 aliphatic carbocycles. The molecule has 0 spiro atoms. The van der Waals surface area contributed by atoms with Crippen LogP contribution >= 0.6 is 0 Å². The Kier molecular flexibility index (Phi) is 3.92. The van der Waals surface area contributed by atoms with E-state index in [9.17, 15) is 18.3 Å². The van der Waals surface area contributed by atoms with Gasteiger partial charge in [0.15, 0.2) is 0 Å². The van der Waals surface area contributed by atoms with Crippen LogP contribution in [0.2, 0.25) is 0 Å². The molecule has 8 heteroatoms. The molecule has 0 bridgehead atoms. The molecule has 7 nitrogen and oxygen atoms in total. The van der Waals surface area contributed by atoms with Gasteiger partial charge in [-0.15, -0.1) is 0 Å². The molecule has 0 fully saturated rings. The number of benzene rings is 1. The van der Waals surface area contributed by atoms with Crippen molar-refractivity contribution in [3.05, 3.63) is 23.8 Å². The van der Waals surface area contributed by atoms with Gasteiger partial charge >= 0.3 is 5.97 Å². The van der Waals surface area contributed by atoms with E-state index in [1.165, 1.54) is 0 Å². The summed E-state index contributed by atoms with van der Waals surface area (Å²) in [5.41, 5.74) is 0.220. The second-order valence-corrected chi connectivity index (χ2v) is 5.27. The summed E-state index contributed by atoms with van der Waals surface area (Å²) in [5, 5.41) is 21.7. The maximum absolute atomic E-state index is 11.8. The minimum Gasteiger partial charge on any atom is -0.507 e. The lowest BCUT2D eigenvalue weighted by Gasteiger charge is -2.07. The van der Waals surface area contributed by atoms with Crippen molar-refractivity contribution in [3.63, 3.8) is 0 Å². The Morgan fingerprint density at radius 3 is 2.44 bits per heavy atom. The summed E-state index contributed by atoms with van der Waals surface area (Å²) < 4.78 is 23.5. The third-order valence-corrected chi connectivity index (χ3v) is 3.12. The average molecular weight is 272 g/mol. The lowest BCUT2D eigenvalue weighted by atomic mass is 10.2. The number of nitrogens with one attached hydrogen (secondary N) is 1. The summed E-state index contributed by atoms with van der Waals surface area (Å²) in [6, 6.07) is 2.96. The number of hydrogen-bond acceptors (Lipinski definition) is 5. The van der Waals surface area contributed by atoms with E-state index in [4.69, 9.17) is 5.11 Å². The van der Waals surface area contributed by atoms with Gasteiger partial charge in [0.1, 0.15) is 10.6 Å². The van der Waals surface area contributed by atoms with Gasteiger partial charge in [0.05, 0.1) is 5.56 Å². The zero-order valence-corrected chi connectivity index (χ0v) is 10.5. The minimum atomic E-state index is -4.09. The molecule has 3 N–H and O–H groups in total. The molecule has 1 rings (SSSR count). The predicted molar refractivity (Wildman–Crippen MR) is 64.2 cm³/mol. The number of aromatic carboxylic acids is 1. The number of phenols is 1. The topological polar surface area (TPSA) is 116 Å². The maximum Gasteiger partial charge on any atom is 0.335 e. The fraction of sp³-hybridized carbons (Fsp3) is 0.200. The minimum absolute atomic E-state index is 0.245. The summed E-state index contributed by atoms with van der Waals surface area (Å²) in [6.45, 7) is 3.16. The molecule has 0 aliphatic heterocycles. The molecule has 1 aromatic rings. The molecule has 1 aromatic carbocycles. The van der Waals surface area contributed by atoms with Gasteiger partial charge in [0.2, 0.25) is 0 Å². The summed E-state index contributed by atoms with van der Waals surface area (Å²) in [5.74, 6) is -1.84. The smallest absolute Gasteiger partial charge is 0.335 e. The Hall–Kier alpha value is -2.09. The zero-order valence-electron chi connectivity index (χ0n) is 9.71. The molecule has 0 saturated heterocycles. The summed E-state index contributed by atoms with van der Waals surface area (Å²) in [4.78, 5) is 12.1. The number of hydrogen-bond donors (Lipinski definition) is 3. The summed E-state index contributed by atoms with van der Waals surface area (Å²) >= 11 is 0. The lowest BCUT2D eigenvalue weighted by Crippen LogP contribution is -2.19. The van der Waals surface area contributed by atoms with Crippen LogP contribution < -0.4 is 4.83 Å². The molecule has 0 saturated carbocycles. The third kappa shape index (κ3) is 3.20. The highest BCUT2D eigenvalue weighted by Gasteiger charge is 2.20. The molecular formula is C10H12N2O5S. The summed E-state index contributed by atoms with van der Waals surface area (Å²) in [6.07, 6.45) is 0. The first-order valence-electron chi connectivity index (χ1n) is 4.83. The standard InChI is InChI=1S/C10H12N2O5S/c1-6(2)11-12-18(16,17)9-5-7(10(14)15)3-4-8(9)13/h3-5,12-13H,1-2H3,(H,14,15). The lowest BCUT2D eigenvalue weighted by molar-refractivity contribution is 0.0696. The van der Waals surface area contributed by atoms with Crippen molar-refractivity contribution in [2.75, 3.05) is 0 Å². The van der Waals surface area contributed by atoms with Gasteiger partial charge in [-0.1, -0.05) is 0 Å². The average Bonchev–Trinajstić information content (AvgIpc) is 2.26. The molecule has 0 aliphatic rings. The molecule has 0 radical (unpaired) electrons. The van der Waals surface area contributed by atoms with Crippen molar-refractivity contribution in [2.24, 2.45) is 5.10 Å². The molecule has 0 atom stereocenters. The Labute approximate surface area is 104 Å². The molecule has 98 valence electrons. The number of rotatable bonds is 4. The van der Waals surface area contributed by atoms with Crippen LogP contribution in [0.3, 0.4) is 0 Å². The second-order valence-electron chi connectivity index (χ2n) is 3.64. The van der Waals surface area contributed by atoms with E-state index in [-0.39, 0.29) is 5.56 Å². The first-order chi connectivity index (χ1) is 8.24. The van der Waals surface area contributed by atoms with Crippen LogP contribution in [-0.2, 0) is 10.0 Å². The second kappa shape index (κ2) is 5.05. The highest BCUT2D eigenvalue weighted by Crippen LogP contribution is 2.23. The number of carboxylic acid groups (broad SMARTS) is 1. The van der Waals surface area contributed by atoms with Crippen molar-refractivity contribution < 1.29 is 23.4 Å². The molecule has 18 heavy (non-hydrogen) atoms. The number of phenolic OH excluding ortho intramolecular Hbond substituents is 1. The van der Waals surface area contributed by atoms with E-state index in [0.29, 0.717) is 5.71 Å². The summed E-state index contributed by atoms with van der Waals surface area (Å²) in [7, 11) is -4.09. The largest absolute Gasteiger partial charge is 0.507 e. The zero-order chi connectivity index (χ0) is 13.9. The van der Waals surface area contributed by atoms with Crippen molar-refractivity contribution in [3.8, 4) is 5.75 Å². The van der Waals surface area contributed by atoms with Crippen LogP contribution in [0.1, 0.15) is 24.2 Å². The van der Waals surface area contributed by atoms with Gasteiger partial charge in [0, 0.05) is 5.71 Å². The van der Waals surface area contributed by atoms with E-state index in [0.717, 1.165) is 18.2 Å². The first-order valence-corrected chi connectivity index (χ1v) is 6.31. The SMILES string of the molecule is CC(C)=NNS(=O)(=O)c1cc(C(=O)O)ccc1O. The quantitative estimate of drug-likeness (QED) is 0.553. The van der Waals surface area contributed by atoms with Crippen LogP contribution in [0.25, 0.3) is 0 Å². The van der Waals surface area contributed by atoms with Crippen molar-refractivity contribution in [1.82, 2.24) is 4.83 Å². The Morgan fingerprint density at radius 1 is 1.33 bits per heavy atom. The highest BCUT2D eigenvalue weighted by atomic mass is 32.2. The number of nitrogens with zero attached hydrogens (tertiary/aromatic N) is 1. The van der Waals surface area contributed by atoms with E-state index < -0.39 is 26.6 Å². The predicted octanol–water partition coefficient (Wildman–Crippen LogP) is 0.764. The Balaban J connectivity index is 3.27. The fourth-order valence-corrected chi connectivity index (χ4v) is 2.09. The van der Waals surface area contributed by atoms with E-state index >= 15 is 0 Å². The van der Waals surface area contributed by atoms with Crippen LogP contribution in [0, 0.1) is 0 Å². The van der Waals surface area contributed by atoms with Crippen molar-refractivity contribution >= 4 is 21.7 Å². The first kappa shape index (κ1) is 14.0. The molecular weight excluding hydrogens is 260 g/mol. The van der Waals surface area contributed by atoms with Crippen LogP contribution in [-0.4, -0.2) is 30.3 Å². The van der Waals surface area contributed by atoms with Gasteiger partial charge in [-0.2, -0.15) is 13.5 Å². The van der Waals surface area contributed by atoms with Crippen LogP contribution in [0.15, 0.2) is 28.2 Å². The van der Waals surface area contributed by atoms with Gasteiger partial charge in [-0.25, -0.2) is 9.63 Å². The monoisotopic (exact) mass is 272 g/mol. The molecule has 0 aromatic heterocycles. The molecule has 0 heterocycles. The maximum atomic E-state index is 11.8. The van der Waals surface area contributed by atoms with Gasteiger partial charge < -0.3 is 10.2 Å². The fourth-order valence-electron chi connectivity index (χ4n) is 1.06. The Morgan fingerprint density at radius 2 is 1.94 bits per heavy atom. The van der Waals surface area contributed by atoms with Crippen molar-refractivity contribution in [2.45, 2.75) is 18.7 Å². The third-order valence-electron chi connectivity index (χ3n) is 1.89. The van der Waals surface area contributed by atoms with E-state index in [1.807, 2.05) is 4.83 Å². The highest BCUT2D eigenvalue weighted by molar-refractivity contribution is 7.89. The van der Waals surface area contributed by atoms with Gasteiger partial charge in [-0.3, -0.25) is 0 Å². The number of aromatic hydroxyl groups is 1. The van der Waals surface area contributed by atoms with Crippen LogP contribution in [0.4, 0.5) is 0 Å². The molecule has 0 unspecified atom stereocenters. The number of hydrazone groups is 1. The molecule has 0 amide bonds. The van der Waals surface area contributed by atoms with Gasteiger partial charge in [0.25, 0.3) is 10.0 Å². The number of carbonyl (C=O) groups is 1. The van der Waals surface area contributed by atoms with Gasteiger partial charge in [-0.05, 0) is 32.0 Å².